The third-order valence-electron chi connectivity index (χ3n) is 3.38. The average molecular weight is 328 g/mol. The zero-order chi connectivity index (χ0) is 17.0. The van der Waals surface area contributed by atoms with Crippen LogP contribution in [0.4, 0.5) is 0 Å². The Balaban J connectivity index is 2.05. The minimum absolute atomic E-state index is 0.0169. The van der Waals surface area contributed by atoms with E-state index in [1.807, 2.05) is 38.1 Å². The van der Waals surface area contributed by atoms with Crippen LogP contribution in [-0.2, 0) is 4.79 Å². The van der Waals surface area contributed by atoms with Crippen LogP contribution in [0.25, 0.3) is 11.5 Å². The number of benzene rings is 1. The van der Waals surface area contributed by atoms with Gasteiger partial charge >= 0.3 is 0 Å². The van der Waals surface area contributed by atoms with Crippen LogP contribution < -0.4 is 0 Å². The quantitative estimate of drug-likeness (QED) is 0.645. The Morgan fingerprint density at radius 1 is 1.39 bits per heavy atom. The van der Waals surface area contributed by atoms with Gasteiger partial charge < -0.3 is 9.83 Å². The van der Waals surface area contributed by atoms with E-state index < -0.39 is 5.92 Å². The summed E-state index contributed by atoms with van der Waals surface area (Å²) in [5.74, 6) is -0.938. The van der Waals surface area contributed by atoms with Crippen LogP contribution in [0.3, 0.4) is 0 Å². The Labute approximate surface area is 138 Å². The highest BCUT2D eigenvalue weighted by Gasteiger charge is 2.21. The summed E-state index contributed by atoms with van der Waals surface area (Å²) in [5.41, 5.74) is 3.17. The summed E-state index contributed by atoms with van der Waals surface area (Å²) >= 11 is 1.07. The van der Waals surface area contributed by atoms with Gasteiger partial charge in [-0.1, -0.05) is 17.8 Å². The number of nitrogens with one attached hydrogen (secondary N) is 1. The van der Waals surface area contributed by atoms with Gasteiger partial charge in [-0.2, -0.15) is 5.26 Å². The van der Waals surface area contributed by atoms with E-state index in [0.29, 0.717) is 5.89 Å². The second-order valence-corrected chi connectivity index (χ2v) is 6.10. The molecule has 0 bridgehead atoms. The average Bonchev–Trinajstić information content (AvgIpc) is 2.97. The van der Waals surface area contributed by atoms with Crippen LogP contribution in [0, 0.1) is 36.5 Å². The first kappa shape index (κ1) is 16.9. The number of nitrogens with zero attached hydrogens (tertiary/aromatic N) is 3. The van der Waals surface area contributed by atoms with E-state index in [1.54, 1.807) is 0 Å². The van der Waals surface area contributed by atoms with Crippen molar-refractivity contribution >= 4 is 23.3 Å². The summed E-state index contributed by atoms with van der Waals surface area (Å²) in [6, 6.07) is 7.67. The highest BCUT2D eigenvalue weighted by Crippen LogP contribution is 2.25. The molecule has 2 aromatic rings. The van der Waals surface area contributed by atoms with E-state index in [1.165, 1.54) is 12.5 Å². The zero-order valence-electron chi connectivity index (χ0n) is 13.1. The lowest BCUT2D eigenvalue weighted by molar-refractivity contribution is -0.117. The number of ketones is 1. The molecule has 1 aromatic carbocycles. The number of hydrogen-bond acceptors (Lipinski definition) is 7. The SMILES string of the molecule is CC(=N)[C@H](C#N)C(=O)CSc1nnc(-c2ccc(C)c(C)c2)o1. The van der Waals surface area contributed by atoms with Crippen LogP contribution in [0.5, 0.6) is 0 Å². The lowest BCUT2D eigenvalue weighted by Crippen LogP contribution is -2.21. The van der Waals surface area contributed by atoms with Gasteiger partial charge in [0.25, 0.3) is 5.22 Å². The smallest absolute Gasteiger partial charge is 0.277 e. The van der Waals surface area contributed by atoms with Crippen molar-refractivity contribution in [2.24, 2.45) is 5.92 Å². The van der Waals surface area contributed by atoms with E-state index in [0.717, 1.165) is 22.9 Å². The number of aryl methyl sites for hydroxylation is 2. The number of aromatic nitrogens is 2. The molecule has 0 fully saturated rings. The molecular weight excluding hydrogens is 312 g/mol. The maximum atomic E-state index is 11.9. The van der Waals surface area contributed by atoms with Crippen LogP contribution in [0.2, 0.25) is 0 Å². The molecule has 0 saturated heterocycles. The van der Waals surface area contributed by atoms with Crippen LogP contribution in [0.15, 0.2) is 27.8 Å². The fourth-order valence-electron chi connectivity index (χ4n) is 1.89. The number of carbonyl (C=O) groups is 1. The van der Waals surface area contributed by atoms with Crippen molar-refractivity contribution in [3.63, 3.8) is 0 Å². The van der Waals surface area contributed by atoms with Gasteiger partial charge in [0, 0.05) is 11.3 Å². The number of thioether (sulfide) groups is 1. The Morgan fingerprint density at radius 2 is 2.13 bits per heavy atom. The third kappa shape index (κ3) is 4.05. The Morgan fingerprint density at radius 3 is 2.74 bits per heavy atom. The molecule has 0 aliphatic carbocycles. The molecule has 0 radical (unpaired) electrons. The summed E-state index contributed by atoms with van der Waals surface area (Å²) < 4.78 is 5.54. The van der Waals surface area contributed by atoms with Gasteiger partial charge in [-0.25, -0.2) is 0 Å². The molecule has 1 atom stereocenters. The van der Waals surface area contributed by atoms with Crippen LogP contribution in [0.1, 0.15) is 18.1 Å². The number of nitriles is 1. The van der Waals surface area contributed by atoms with Gasteiger partial charge in [0.1, 0.15) is 5.92 Å². The highest BCUT2D eigenvalue weighted by molar-refractivity contribution is 7.99. The van der Waals surface area contributed by atoms with Crippen molar-refractivity contribution in [3.05, 3.63) is 29.3 Å². The molecular formula is C16H16N4O2S. The fourth-order valence-corrected chi connectivity index (χ4v) is 2.55. The highest BCUT2D eigenvalue weighted by atomic mass is 32.2. The summed E-state index contributed by atoms with van der Waals surface area (Å²) in [6.45, 7) is 5.48. The summed E-state index contributed by atoms with van der Waals surface area (Å²) in [7, 11) is 0. The Bertz CT molecular complexity index is 792. The molecule has 2 rings (SSSR count). The first-order valence-electron chi connectivity index (χ1n) is 6.93. The van der Waals surface area contributed by atoms with Gasteiger partial charge in [-0.05, 0) is 44.0 Å². The molecule has 7 heteroatoms. The van der Waals surface area contributed by atoms with Gasteiger partial charge in [0.05, 0.1) is 11.8 Å². The maximum Gasteiger partial charge on any atom is 0.277 e. The van der Waals surface area contributed by atoms with Gasteiger partial charge in [-0.3, -0.25) is 4.79 Å². The van der Waals surface area contributed by atoms with Crippen molar-refractivity contribution in [2.75, 3.05) is 5.75 Å². The van der Waals surface area contributed by atoms with E-state index >= 15 is 0 Å². The summed E-state index contributed by atoms with van der Waals surface area (Å²) in [4.78, 5) is 11.9. The minimum Gasteiger partial charge on any atom is -0.411 e. The van der Waals surface area contributed by atoms with Gasteiger partial charge in [-0.15, -0.1) is 10.2 Å². The topological polar surface area (TPSA) is 104 Å². The molecule has 6 nitrogen and oxygen atoms in total. The maximum absolute atomic E-state index is 11.9. The molecule has 0 aliphatic rings. The fraction of sp³-hybridized carbons (Fsp3) is 0.312. The monoisotopic (exact) mass is 328 g/mol. The second-order valence-electron chi connectivity index (χ2n) is 5.17. The normalized spacial score (nSPS) is 11.7. The van der Waals surface area contributed by atoms with E-state index in [4.69, 9.17) is 15.1 Å². The zero-order valence-corrected chi connectivity index (χ0v) is 13.9. The number of carbonyl (C=O) groups excluding carboxylic acids is 1. The lowest BCUT2D eigenvalue weighted by atomic mass is 10.0. The van der Waals surface area contributed by atoms with Crippen molar-refractivity contribution < 1.29 is 9.21 Å². The third-order valence-corrected chi connectivity index (χ3v) is 4.22. The van der Waals surface area contributed by atoms with Crippen LogP contribution in [-0.4, -0.2) is 27.4 Å². The first-order valence-corrected chi connectivity index (χ1v) is 7.92. The second kappa shape index (κ2) is 7.20. The number of hydrogen-bond donors (Lipinski definition) is 1. The standard InChI is InChI=1S/C16H16N4O2S/c1-9-4-5-12(6-10(9)2)15-19-20-16(22-15)23-8-14(21)13(7-17)11(3)18/h4-6,13,18H,8H2,1-3H3/t13-/m0/s1. The molecule has 1 N–H and O–H groups in total. The van der Waals surface area contributed by atoms with Gasteiger partial charge in [0.15, 0.2) is 5.78 Å². The predicted molar refractivity (Wildman–Crippen MR) is 87.4 cm³/mol. The molecule has 0 spiro atoms. The lowest BCUT2D eigenvalue weighted by Gasteiger charge is -2.03. The summed E-state index contributed by atoms with van der Waals surface area (Å²) in [5, 5.41) is 24.5. The molecule has 1 heterocycles. The van der Waals surface area contributed by atoms with Crippen molar-refractivity contribution in [1.29, 1.82) is 10.7 Å². The molecule has 0 unspecified atom stereocenters. The number of Topliss-reactive ketones (excluding diaryl/α,β-unsaturated/α-hetero) is 1. The Hall–Kier alpha value is -2.46. The predicted octanol–water partition coefficient (Wildman–Crippen LogP) is 3.19. The molecule has 118 valence electrons. The molecule has 0 amide bonds. The number of rotatable bonds is 6. The van der Waals surface area contributed by atoms with E-state index in [9.17, 15) is 4.79 Å². The van der Waals surface area contributed by atoms with Crippen molar-refractivity contribution in [1.82, 2.24) is 10.2 Å². The molecule has 1 aromatic heterocycles. The first-order chi connectivity index (χ1) is 10.9. The van der Waals surface area contributed by atoms with Crippen molar-refractivity contribution in [3.8, 4) is 17.5 Å². The van der Waals surface area contributed by atoms with Crippen molar-refractivity contribution in [2.45, 2.75) is 26.0 Å². The van der Waals surface area contributed by atoms with Crippen LogP contribution >= 0.6 is 11.8 Å². The minimum atomic E-state index is -1.01. The molecule has 0 saturated carbocycles. The molecule has 23 heavy (non-hydrogen) atoms. The van der Waals surface area contributed by atoms with Gasteiger partial charge in [0.2, 0.25) is 5.89 Å². The van der Waals surface area contributed by atoms with E-state index in [-0.39, 0.29) is 22.5 Å². The Kier molecular flexibility index (Phi) is 5.29. The largest absolute Gasteiger partial charge is 0.411 e. The molecule has 0 aliphatic heterocycles. The summed E-state index contributed by atoms with van der Waals surface area (Å²) in [6.07, 6.45) is 0. The van der Waals surface area contributed by atoms with E-state index in [2.05, 4.69) is 10.2 Å².